The molecule has 1 atom stereocenters. The Kier molecular flexibility index (Phi) is 4.57. The molecule has 20 heavy (non-hydrogen) atoms. The molecule has 1 amide bonds. The number of carbonyl (C=O) groups is 1. The Morgan fingerprint density at radius 1 is 1.45 bits per heavy atom. The molecule has 0 unspecified atom stereocenters. The van der Waals surface area contributed by atoms with Crippen molar-refractivity contribution in [2.75, 3.05) is 10.6 Å². The number of hydrogen-bond donors (Lipinski definition) is 2. The van der Waals surface area contributed by atoms with Crippen molar-refractivity contribution in [2.45, 2.75) is 26.4 Å². The van der Waals surface area contributed by atoms with Crippen LogP contribution in [-0.4, -0.2) is 26.7 Å². The maximum atomic E-state index is 12.0. The van der Waals surface area contributed by atoms with Crippen molar-refractivity contribution in [1.29, 1.82) is 0 Å². The predicted molar refractivity (Wildman–Crippen MR) is 78.9 cm³/mol. The number of rotatable bonds is 5. The summed E-state index contributed by atoms with van der Waals surface area (Å²) in [5, 5.41) is 10.5. The molecular weight excluding hydrogens is 278 g/mol. The Balaban J connectivity index is 1.93. The van der Waals surface area contributed by atoms with Crippen LogP contribution >= 0.6 is 11.6 Å². The summed E-state index contributed by atoms with van der Waals surface area (Å²) in [7, 11) is 0. The molecule has 2 N–H and O–H groups in total. The number of pyridine rings is 1. The summed E-state index contributed by atoms with van der Waals surface area (Å²) < 4.78 is 1.79. The molecule has 0 aliphatic rings. The molecule has 106 valence electrons. The third-order valence-electron chi connectivity index (χ3n) is 2.71. The molecular formula is C13H16ClN5O. The van der Waals surface area contributed by atoms with Crippen LogP contribution < -0.4 is 10.6 Å². The molecule has 6 nitrogen and oxygen atoms in total. The van der Waals surface area contributed by atoms with Crippen LogP contribution in [0.3, 0.4) is 0 Å². The van der Waals surface area contributed by atoms with Gasteiger partial charge in [-0.25, -0.2) is 4.98 Å². The van der Waals surface area contributed by atoms with E-state index in [-0.39, 0.29) is 5.91 Å². The van der Waals surface area contributed by atoms with E-state index < -0.39 is 6.04 Å². The fourth-order valence-corrected chi connectivity index (χ4v) is 1.72. The van der Waals surface area contributed by atoms with Gasteiger partial charge in [0.05, 0.1) is 16.9 Å². The first kappa shape index (κ1) is 14.3. The van der Waals surface area contributed by atoms with Crippen LogP contribution in [0.25, 0.3) is 0 Å². The largest absolute Gasteiger partial charge is 0.371 e. The second kappa shape index (κ2) is 6.38. The number of nitrogens with one attached hydrogen (secondary N) is 2. The van der Waals surface area contributed by atoms with Crippen LogP contribution in [0, 0.1) is 0 Å². The van der Waals surface area contributed by atoms with Crippen molar-refractivity contribution in [3.63, 3.8) is 0 Å². The molecule has 0 aromatic carbocycles. The molecule has 0 radical (unpaired) electrons. The standard InChI is InChI=1S/C13H16ClN5O/c1-3-19-8-11(7-16-19)17-9(2)13(20)18-12-5-4-10(14)6-15-12/h4-9,17H,3H2,1-2H3,(H,15,18,20)/t9-/m1/s1. The molecule has 2 aromatic rings. The third-order valence-corrected chi connectivity index (χ3v) is 2.94. The number of carbonyl (C=O) groups excluding carboxylic acids is 1. The molecule has 0 saturated heterocycles. The van der Waals surface area contributed by atoms with E-state index >= 15 is 0 Å². The molecule has 2 heterocycles. The quantitative estimate of drug-likeness (QED) is 0.888. The van der Waals surface area contributed by atoms with Gasteiger partial charge in [0.2, 0.25) is 5.91 Å². The summed E-state index contributed by atoms with van der Waals surface area (Å²) in [5.41, 5.74) is 0.804. The molecule has 2 aromatic heterocycles. The molecule has 2 rings (SSSR count). The van der Waals surface area contributed by atoms with Crippen molar-refractivity contribution in [3.8, 4) is 0 Å². The Morgan fingerprint density at radius 2 is 2.25 bits per heavy atom. The zero-order chi connectivity index (χ0) is 14.5. The Hall–Kier alpha value is -2.08. The van der Waals surface area contributed by atoms with E-state index in [9.17, 15) is 4.79 Å². The highest BCUT2D eigenvalue weighted by Crippen LogP contribution is 2.11. The van der Waals surface area contributed by atoms with Crippen LogP contribution in [0.2, 0.25) is 5.02 Å². The van der Waals surface area contributed by atoms with Gasteiger partial charge in [0.15, 0.2) is 0 Å². The van der Waals surface area contributed by atoms with E-state index in [0.717, 1.165) is 12.2 Å². The van der Waals surface area contributed by atoms with Crippen LogP contribution in [0.15, 0.2) is 30.7 Å². The number of anilines is 2. The lowest BCUT2D eigenvalue weighted by atomic mass is 10.3. The van der Waals surface area contributed by atoms with E-state index in [1.54, 1.807) is 29.9 Å². The monoisotopic (exact) mass is 293 g/mol. The lowest BCUT2D eigenvalue weighted by Gasteiger charge is -2.13. The summed E-state index contributed by atoms with van der Waals surface area (Å²) in [4.78, 5) is 16.0. The lowest BCUT2D eigenvalue weighted by Crippen LogP contribution is -2.32. The minimum absolute atomic E-state index is 0.177. The number of amides is 1. The summed E-state index contributed by atoms with van der Waals surface area (Å²) in [6.07, 6.45) is 5.03. The van der Waals surface area contributed by atoms with E-state index in [2.05, 4.69) is 20.7 Å². The Labute approximate surface area is 122 Å². The smallest absolute Gasteiger partial charge is 0.247 e. The highest BCUT2D eigenvalue weighted by atomic mass is 35.5. The second-order valence-corrected chi connectivity index (χ2v) is 4.74. The molecule has 0 spiro atoms. The van der Waals surface area contributed by atoms with Crippen molar-refractivity contribution in [2.24, 2.45) is 0 Å². The van der Waals surface area contributed by atoms with E-state index in [4.69, 9.17) is 11.6 Å². The normalized spacial score (nSPS) is 11.9. The second-order valence-electron chi connectivity index (χ2n) is 4.30. The maximum Gasteiger partial charge on any atom is 0.247 e. The molecule has 0 saturated carbocycles. The summed E-state index contributed by atoms with van der Waals surface area (Å²) in [6.45, 7) is 4.56. The van der Waals surface area contributed by atoms with Crippen molar-refractivity contribution < 1.29 is 4.79 Å². The highest BCUT2D eigenvalue weighted by molar-refractivity contribution is 6.30. The van der Waals surface area contributed by atoms with Gasteiger partial charge in [0.25, 0.3) is 0 Å². The van der Waals surface area contributed by atoms with Crippen LogP contribution in [-0.2, 0) is 11.3 Å². The van der Waals surface area contributed by atoms with Crippen molar-refractivity contribution in [3.05, 3.63) is 35.7 Å². The van der Waals surface area contributed by atoms with Gasteiger partial charge in [0, 0.05) is 18.9 Å². The Bertz CT molecular complexity index is 581. The topological polar surface area (TPSA) is 71.8 Å². The zero-order valence-electron chi connectivity index (χ0n) is 11.3. The predicted octanol–water partition coefficient (Wildman–Crippen LogP) is 2.39. The molecule has 0 bridgehead atoms. The molecule has 0 fully saturated rings. The SMILES string of the molecule is CCn1cc(N[C@H](C)C(=O)Nc2ccc(Cl)cn2)cn1. The maximum absolute atomic E-state index is 12.0. The fraction of sp³-hybridized carbons (Fsp3) is 0.308. The number of hydrogen-bond acceptors (Lipinski definition) is 4. The van der Waals surface area contributed by atoms with Crippen LogP contribution in [0.1, 0.15) is 13.8 Å². The van der Waals surface area contributed by atoms with Crippen molar-refractivity contribution >= 4 is 29.0 Å². The van der Waals surface area contributed by atoms with Crippen LogP contribution in [0.4, 0.5) is 11.5 Å². The van der Waals surface area contributed by atoms with Gasteiger partial charge in [0.1, 0.15) is 11.9 Å². The fourth-order valence-electron chi connectivity index (χ4n) is 1.61. The first-order chi connectivity index (χ1) is 9.58. The molecule has 0 aliphatic carbocycles. The first-order valence-corrected chi connectivity index (χ1v) is 6.67. The van der Waals surface area contributed by atoms with Gasteiger partial charge < -0.3 is 10.6 Å². The van der Waals surface area contributed by atoms with Gasteiger partial charge in [-0.15, -0.1) is 0 Å². The van der Waals surface area contributed by atoms with Gasteiger partial charge in [-0.05, 0) is 26.0 Å². The number of halogens is 1. The number of aryl methyl sites for hydroxylation is 1. The lowest BCUT2D eigenvalue weighted by molar-refractivity contribution is -0.116. The van der Waals surface area contributed by atoms with Crippen LogP contribution in [0.5, 0.6) is 0 Å². The summed E-state index contributed by atoms with van der Waals surface area (Å²) in [5.74, 6) is 0.293. The average molecular weight is 294 g/mol. The van der Waals surface area contributed by atoms with Crippen molar-refractivity contribution in [1.82, 2.24) is 14.8 Å². The van der Waals surface area contributed by atoms with E-state index in [0.29, 0.717) is 10.8 Å². The van der Waals surface area contributed by atoms with Gasteiger partial charge in [-0.3, -0.25) is 9.48 Å². The van der Waals surface area contributed by atoms with Gasteiger partial charge in [-0.2, -0.15) is 5.10 Å². The highest BCUT2D eigenvalue weighted by Gasteiger charge is 2.14. The Morgan fingerprint density at radius 3 is 2.85 bits per heavy atom. The van der Waals surface area contributed by atoms with Gasteiger partial charge in [-0.1, -0.05) is 11.6 Å². The molecule has 0 aliphatic heterocycles. The minimum atomic E-state index is -0.401. The summed E-state index contributed by atoms with van der Waals surface area (Å²) in [6, 6.07) is 2.93. The van der Waals surface area contributed by atoms with Gasteiger partial charge >= 0.3 is 0 Å². The minimum Gasteiger partial charge on any atom is -0.371 e. The number of aromatic nitrogens is 3. The van der Waals surface area contributed by atoms with E-state index in [1.807, 2.05) is 13.1 Å². The molecule has 7 heteroatoms. The number of nitrogens with zero attached hydrogens (tertiary/aromatic N) is 3. The zero-order valence-corrected chi connectivity index (χ0v) is 12.1. The average Bonchev–Trinajstić information content (AvgIpc) is 2.89. The summed E-state index contributed by atoms with van der Waals surface area (Å²) >= 11 is 5.74. The third kappa shape index (κ3) is 3.71. The first-order valence-electron chi connectivity index (χ1n) is 6.30. The van der Waals surface area contributed by atoms with E-state index in [1.165, 1.54) is 6.20 Å².